The van der Waals surface area contributed by atoms with Crippen LogP contribution in [0.25, 0.3) is 0 Å². The Labute approximate surface area is 163 Å². The van der Waals surface area contributed by atoms with Gasteiger partial charge in [-0.2, -0.15) is 0 Å². The standard InChI is InChI=1S/C23H30O3Si/c1-5-12-20(24)22-21(26-22)17-25-27(23(2,3)4,18-13-8-6-9-14-18)19-15-10-7-11-16-19/h5-11,13-16,20-22,24H,1,12,17H2,2-4H3/t20-,21-,22+/m0/s1. The molecular weight excluding hydrogens is 352 g/mol. The van der Waals surface area contributed by atoms with Gasteiger partial charge < -0.3 is 14.3 Å². The molecule has 0 aromatic heterocycles. The molecule has 3 rings (SSSR count). The van der Waals surface area contributed by atoms with Crippen molar-refractivity contribution >= 4 is 18.7 Å². The van der Waals surface area contributed by atoms with Crippen LogP contribution in [0.4, 0.5) is 0 Å². The molecule has 0 spiro atoms. The van der Waals surface area contributed by atoms with Crippen molar-refractivity contribution in [3.63, 3.8) is 0 Å². The molecule has 2 aromatic rings. The molecule has 0 amide bonds. The molecule has 4 heteroatoms. The van der Waals surface area contributed by atoms with Crippen LogP contribution in [0.5, 0.6) is 0 Å². The van der Waals surface area contributed by atoms with Crippen molar-refractivity contribution in [3.8, 4) is 0 Å². The first kappa shape index (κ1) is 20.0. The smallest absolute Gasteiger partial charge is 0.261 e. The van der Waals surface area contributed by atoms with Crippen LogP contribution in [0.1, 0.15) is 27.2 Å². The van der Waals surface area contributed by atoms with Crippen molar-refractivity contribution in [3.05, 3.63) is 73.3 Å². The summed E-state index contributed by atoms with van der Waals surface area (Å²) in [4.78, 5) is 0. The summed E-state index contributed by atoms with van der Waals surface area (Å²) in [6, 6.07) is 21.1. The van der Waals surface area contributed by atoms with E-state index in [9.17, 15) is 5.11 Å². The van der Waals surface area contributed by atoms with Crippen molar-refractivity contribution in [2.45, 2.75) is 50.5 Å². The average molecular weight is 383 g/mol. The van der Waals surface area contributed by atoms with E-state index in [-0.39, 0.29) is 17.2 Å². The number of hydrogen-bond acceptors (Lipinski definition) is 3. The fraction of sp³-hybridized carbons (Fsp3) is 0.391. The van der Waals surface area contributed by atoms with Gasteiger partial charge in [0.25, 0.3) is 8.32 Å². The minimum absolute atomic E-state index is 0.0541. The zero-order chi connectivity index (χ0) is 19.5. The Morgan fingerprint density at radius 1 is 1.07 bits per heavy atom. The molecule has 3 atom stereocenters. The molecule has 0 aliphatic carbocycles. The molecule has 1 heterocycles. The molecule has 0 radical (unpaired) electrons. The molecule has 0 bridgehead atoms. The topological polar surface area (TPSA) is 42.0 Å². The summed E-state index contributed by atoms with van der Waals surface area (Å²) in [6.45, 7) is 11.0. The highest BCUT2D eigenvalue weighted by Crippen LogP contribution is 2.38. The molecule has 27 heavy (non-hydrogen) atoms. The molecule has 1 saturated heterocycles. The van der Waals surface area contributed by atoms with Gasteiger partial charge in [0.05, 0.1) is 12.7 Å². The van der Waals surface area contributed by atoms with Gasteiger partial charge in [0.2, 0.25) is 0 Å². The third kappa shape index (κ3) is 4.09. The van der Waals surface area contributed by atoms with E-state index in [0.717, 1.165) is 0 Å². The molecule has 1 fully saturated rings. The fourth-order valence-corrected chi connectivity index (χ4v) is 8.47. The lowest BCUT2D eigenvalue weighted by Gasteiger charge is -2.43. The number of aliphatic hydroxyl groups excluding tert-OH is 1. The van der Waals surface area contributed by atoms with Crippen LogP contribution in [0, 0.1) is 0 Å². The lowest BCUT2D eigenvalue weighted by Crippen LogP contribution is -2.66. The SMILES string of the molecule is C=CC[C@H](O)[C@H]1O[C@H]1CO[Si](c1ccccc1)(c1ccccc1)C(C)(C)C. The molecular formula is C23H30O3Si. The van der Waals surface area contributed by atoms with Gasteiger partial charge >= 0.3 is 0 Å². The number of hydrogen-bond donors (Lipinski definition) is 1. The zero-order valence-corrected chi connectivity index (χ0v) is 17.5. The Balaban J connectivity index is 1.92. The minimum atomic E-state index is -2.54. The van der Waals surface area contributed by atoms with Crippen molar-refractivity contribution < 1.29 is 14.3 Å². The van der Waals surface area contributed by atoms with Gasteiger partial charge in [-0.3, -0.25) is 0 Å². The van der Waals surface area contributed by atoms with Gasteiger partial charge in [0.1, 0.15) is 12.2 Å². The summed E-state index contributed by atoms with van der Waals surface area (Å²) in [6.07, 6.45) is 1.56. The average Bonchev–Trinajstić information content (AvgIpc) is 3.43. The third-order valence-corrected chi connectivity index (χ3v) is 10.3. The van der Waals surface area contributed by atoms with E-state index in [1.54, 1.807) is 6.08 Å². The van der Waals surface area contributed by atoms with Crippen LogP contribution in [-0.4, -0.2) is 38.3 Å². The first-order valence-corrected chi connectivity index (χ1v) is 11.5. The predicted molar refractivity (Wildman–Crippen MR) is 113 cm³/mol. The Bertz CT molecular complexity index is 700. The van der Waals surface area contributed by atoms with Crippen molar-refractivity contribution in [1.29, 1.82) is 0 Å². The monoisotopic (exact) mass is 382 g/mol. The van der Waals surface area contributed by atoms with E-state index in [0.29, 0.717) is 13.0 Å². The molecule has 1 aliphatic rings. The largest absolute Gasteiger partial charge is 0.405 e. The lowest BCUT2D eigenvalue weighted by atomic mass is 10.1. The summed E-state index contributed by atoms with van der Waals surface area (Å²) < 4.78 is 12.5. The number of rotatable bonds is 8. The number of epoxide rings is 1. The highest BCUT2D eigenvalue weighted by Gasteiger charge is 2.52. The lowest BCUT2D eigenvalue weighted by molar-refractivity contribution is 0.138. The summed E-state index contributed by atoms with van der Waals surface area (Å²) in [5.41, 5.74) is 0. The van der Waals surface area contributed by atoms with E-state index in [1.165, 1.54) is 10.4 Å². The minimum Gasteiger partial charge on any atom is -0.405 e. The first-order chi connectivity index (χ1) is 12.9. The van der Waals surface area contributed by atoms with Crippen LogP contribution in [0.3, 0.4) is 0 Å². The van der Waals surface area contributed by atoms with Crippen LogP contribution in [-0.2, 0) is 9.16 Å². The Kier molecular flexibility index (Phi) is 6.01. The molecule has 144 valence electrons. The molecule has 1 aliphatic heterocycles. The summed E-state index contributed by atoms with van der Waals surface area (Å²) >= 11 is 0. The third-order valence-electron chi connectivity index (χ3n) is 5.29. The van der Waals surface area contributed by atoms with E-state index in [1.807, 2.05) is 12.1 Å². The molecule has 0 unspecified atom stereocenters. The molecule has 0 saturated carbocycles. The number of ether oxygens (including phenoxy) is 1. The highest BCUT2D eigenvalue weighted by molar-refractivity contribution is 6.99. The molecule has 3 nitrogen and oxygen atoms in total. The van der Waals surface area contributed by atoms with Gasteiger partial charge in [-0.25, -0.2) is 0 Å². The van der Waals surface area contributed by atoms with Crippen LogP contribution < -0.4 is 10.4 Å². The van der Waals surface area contributed by atoms with E-state index < -0.39 is 14.4 Å². The van der Waals surface area contributed by atoms with Crippen molar-refractivity contribution in [1.82, 2.24) is 0 Å². The van der Waals surface area contributed by atoms with Gasteiger partial charge in [-0.1, -0.05) is 87.5 Å². The highest BCUT2D eigenvalue weighted by atomic mass is 28.4. The van der Waals surface area contributed by atoms with E-state index in [2.05, 4.69) is 75.9 Å². The molecule has 2 aromatic carbocycles. The second-order valence-corrected chi connectivity index (χ2v) is 12.5. The maximum Gasteiger partial charge on any atom is 0.261 e. The predicted octanol–water partition coefficient (Wildman–Crippen LogP) is 3.27. The fourth-order valence-electron chi connectivity index (χ4n) is 3.90. The van der Waals surface area contributed by atoms with Gasteiger partial charge in [-0.05, 0) is 21.8 Å². The van der Waals surface area contributed by atoms with Gasteiger partial charge in [-0.15, -0.1) is 6.58 Å². The van der Waals surface area contributed by atoms with Crippen LogP contribution in [0.15, 0.2) is 73.3 Å². The van der Waals surface area contributed by atoms with Gasteiger partial charge in [0, 0.05) is 0 Å². The van der Waals surface area contributed by atoms with E-state index in [4.69, 9.17) is 9.16 Å². The Morgan fingerprint density at radius 2 is 1.59 bits per heavy atom. The molecule has 1 N–H and O–H groups in total. The first-order valence-electron chi connectivity index (χ1n) is 9.59. The summed E-state index contributed by atoms with van der Waals surface area (Å²) in [7, 11) is -2.54. The van der Waals surface area contributed by atoms with Gasteiger partial charge in [0.15, 0.2) is 0 Å². The normalized spacial score (nSPS) is 20.9. The second kappa shape index (κ2) is 8.11. The second-order valence-electron chi connectivity index (χ2n) is 8.21. The van der Waals surface area contributed by atoms with Crippen LogP contribution >= 0.6 is 0 Å². The summed E-state index contributed by atoms with van der Waals surface area (Å²) in [5, 5.41) is 12.6. The number of aliphatic hydroxyl groups is 1. The zero-order valence-electron chi connectivity index (χ0n) is 16.5. The Hall–Kier alpha value is -1.72. The summed E-state index contributed by atoms with van der Waals surface area (Å²) in [5.74, 6) is 0. The van der Waals surface area contributed by atoms with E-state index >= 15 is 0 Å². The maximum absolute atomic E-state index is 10.1. The quantitative estimate of drug-likeness (QED) is 0.433. The Morgan fingerprint density at radius 3 is 2.04 bits per heavy atom. The van der Waals surface area contributed by atoms with Crippen molar-refractivity contribution in [2.75, 3.05) is 6.61 Å². The maximum atomic E-state index is 10.1. The van der Waals surface area contributed by atoms with Crippen molar-refractivity contribution in [2.24, 2.45) is 0 Å². The van der Waals surface area contributed by atoms with Crippen LogP contribution in [0.2, 0.25) is 5.04 Å². The number of benzene rings is 2.